The molecule has 1 atom stereocenters. The molecule has 2 aliphatic heterocycles. The molecule has 0 unspecified atom stereocenters. The van der Waals surface area contributed by atoms with E-state index in [1.165, 1.54) is 38.6 Å². The number of fused-ring (bicyclic) bond motifs is 1. The third-order valence-corrected chi connectivity index (χ3v) is 6.19. The van der Waals surface area contributed by atoms with E-state index >= 15 is 0 Å². The molecule has 1 saturated heterocycles. The summed E-state index contributed by atoms with van der Waals surface area (Å²) in [5, 5.41) is 3.09. The van der Waals surface area contributed by atoms with E-state index in [4.69, 9.17) is 9.47 Å². The van der Waals surface area contributed by atoms with Crippen molar-refractivity contribution >= 4 is 5.91 Å². The molecular weight excluding hydrogens is 328 g/mol. The molecule has 3 aliphatic rings. The summed E-state index contributed by atoms with van der Waals surface area (Å²) < 4.78 is 11.8. The number of amides is 1. The van der Waals surface area contributed by atoms with Gasteiger partial charge in [-0.25, -0.2) is 0 Å². The summed E-state index contributed by atoms with van der Waals surface area (Å²) in [5.74, 6) is 2.15. The van der Waals surface area contributed by atoms with Gasteiger partial charge in [-0.05, 0) is 50.3 Å². The predicted molar refractivity (Wildman–Crippen MR) is 101 cm³/mol. The van der Waals surface area contributed by atoms with Gasteiger partial charge in [-0.1, -0.05) is 19.3 Å². The SMILES string of the molecule is COc1ccc2c(c1)O[C@]1(CCCN(CC3CCCCC3)C1)CNC2=O. The summed E-state index contributed by atoms with van der Waals surface area (Å²) in [4.78, 5) is 15.1. The quantitative estimate of drug-likeness (QED) is 0.901. The first kappa shape index (κ1) is 17.7. The van der Waals surface area contributed by atoms with Crippen molar-refractivity contribution in [3.8, 4) is 11.5 Å². The molecule has 5 nitrogen and oxygen atoms in total. The van der Waals surface area contributed by atoms with Gasteiger partial charge >= 0.3 is 0 Å². The maximum atomic E-state index is 12.5. The number of piperidine rings is 1. The first-order valence-corrected chi connectivity index (χ1v) is 10.1. The van der Waals surface area contributed by atoms with Gasteiger partial charge in [0.25, 0.3) is 5.91 Å². The molecule has 142 valence electrons. The van der Waals surface area contributed by atoms with E-state index in [0.717, 1.165) is 37.6 Å². The largest absolute Gasteiger partial charge is 0.497 e. The number of nitrogens with one attached hydrogen (secondary N) is 1. The number of rotatable bonds is 3. The van der Waals surface area contributed by atoms with Crippen LogP contribution in [0.4, 0.5) is 0 Å². The maximum absolute atomic E-state index is 12.5. The standard InChI is InChI=1S/C21H30N2O3/c1-25-17-8-9-18-19(12-17)26-21(14-22-20(18)24)10-5-11-23(15-21)13-16-6-3-2-4-7-16/h8-9,12,16H,2-7,10-11,13-15H2,1H3,(H,22,24)/t21-/m1/s1. The van der Waals surface area contributed by atoms with Gasteiger partial charge in [-0.2, -0.15) is 0 Å². The van der Waals surface area contributed by atoms with E-state index in [2.05, 4.69) is 10.2 Å². The minimum atomic E-state index is -0.333. The number of benzene rings is 1. The van der Waals surface area contributed by atoms with Crippen molar-refractivity contribution in [3.05, 3.63) is 23.8 Å². The Balaban J connectivity index is 1.52. The Morgan fingerprint density at radius 3 is 2.92 bits per heavy atom. The third-order valence-electron chi connectivity index (χ3n) is 6.19. The number of likely N-dealkylation sites (tertiary alicyclic amines) is 1. The molecule has 0 aromatic heterocycles. The van der Waals surface area contributed by atoms with Crippen molar-refractivity contribution in [3.63, 3.8) is 0 Å². The van der Waals surface area contributed by atoms with E-state index in [1.807, 2.05) is 12.1 Å². The Kier molecular flexibility index (Phi) is 5.07. The van der Waals surface area contributed by atoms with E-state index in [1.54, 1.807) is 13.2 Å². The van der Waals surface area contributed by atoms with E-state index < -0.39 is 0 Å². The van der Waals surface area contributed by atoms with Crippen LogP contribution in [0.15, 0.2) is 18.2 Å². The van der Waals surface area contributed by atoms with E-state index in [-0.39, 0.29) is 11.5 Å². The van der Waals surface area contributed by atoms with Crippen LogP contribution in [0, 0.1) is 5.92 Å². The second kappa shape index (κ2) is 7.47. The van der Waals surface area contributed by atoms with Crippen LogP contribution < -0.4 is 14.8 Å². The molecule has 1 spiro atoms. The molecule has 1 aliphatic carbocycles. The lowest BCUT2D eigenvalue weighted by atomic mass is 9.87. The van der Waals surface area contributed by atoms with E-state index in [0.29, 0.717) is 17.9 Å². The van der Waals surface area contributed by atoms with Crippen molar-refractivity contribution in [2.75, 3.05) is 33.3 Å². The van der Waals surface area contributed by atoms with Crippen molar-refractivity contribution in [1.82, 2.24) is 10.2 Å². The summed E-state index contributed by atoms with van der Waals surface area (Å²) in [6.07, 6.45) is 8.97. The van der Waals surface area contributed by atoms with Gasteiger partial charge in [0.05, 0.1) is 19.2 Å². The molecule has 1 amide bonds. The fourth-order valence-corrected chi connectivity index (χ4v) is 4.82. The van der Waals surface area contributed by atoms with Crippen molar-refractivity contribution in [2.24, 2.45) is 5.92 Å². The van der Waals surface area contributed by atoms with Gasteiger partial charge in [0.1, 0.15) is 17.1 Å². The highest BCUT2D eigenvalue weighted by Gasteiger charge is 2.41. The number of hydrogen-bond donors (Lipinski definition) is 1. The number of ether oxygens (including phenoxy) is 2. The lowest BCUT2D eigenvalue weighted by molar-refractivity contribution is -0.0108. The van der Waals surface area contributed by atoms with Gasteiger partial charge in [0.15, 0.2) is 0 Å². The molecule has 4 rings (SSSR count). The highest BCUT2D eigenvalue weighted by atomic mass is 16.5. The highest BCUT2D eigenvalue weighted by Crippen LogP contribution is 2.35. The van der Waals surface area contributed by atoms with Crippen LogP contribution in [0.1, 0.15) is 55.3 Å². The Labute approximate surface area is 156 Å². The Bertz CT molecular complexity index is 657. The number of nitrogens with zero attached hydrogens (tertiary/aromatic N) is 1. The summed E-state index contributed by atoms with van der Waals surface area (Å²) in [6.45, 7) is 3.77. The summed E-state index contributed by atoms with van der Waals surface area (Å²) in [7, 11) is 1.64. The molecule has 26 heavy (non-hydrogen) atoms. The van der Waals surface area contributed by atoms with Crippen LogP contribution in [-0.4, -0.2) is 49.7 Å². The zero-order chi connectivity index (χ0) is 18.0. The molecule has 0 radical (unpaired) electrons. The minimum Gasteiger partial charge on any atom is -0.497 e. The summed E-state index contributed by atoms with van der Waals surface area (Å²) in [5.41, 5.74) is 0.271. The third kappa shape index (κ3) is 3.68. The van der Waals surface area contributed by atoms with Crippen LogP contribution in [0.3, 0.4) is 0 Å². The average Bonchev–Trinajstić information content (AvgIpc) is 2.79. The monoisotopic (exact) mass is 358 g/mol. The number of methoxy groups -OCH3 is 1. The zero-order valence-corrected chi connectivity index (χ0v) is 15.8. The van der Waals surface area contributed by atoms with Gasteiger partial charge in [-0.3, -0.25) is 9.69 Å². The fraction of sp³-hybridized carbons (Fsp3) is 0.667. The lowest BCUT2D eigenvalue weighted by Gasteiger charge is -2.43. The van der Waals surface area contributed by atoms with Crippen LogP contribution in [0.25, 0.3) is 0 Å². The fourth-order valence-electron chi connectivity index (χ4n) is 4.82. The molecule has 1 N–H and O–H groups in total. The van der Waals surface area contributed by atoms with Gasteiger partial charge < -0.3 is 14.8 Å². The highest BCUT2D eigenvalue weighted by molar-refractivity contribution is 5.97. The van der Waals surface area contributed by atoms with Crippen LogP contribution in [0.5, 0.6) is 11.5 Å². The van der Waals surface area contributed by atoms with Crippen molar-refractivity contribution in [1.29, 1.82) is 0 Å². The number of carbonyl (C=O) groups excluding carboxylic acids is 1. The molecular formula is C21H30N2O3. The predicted octanol–water partition coefficient (Wildman–Crippen LogP) is 3.23. The molecule has 1 aromatic carbocycles. The molecule has 2 fully saturated rings. The molecule has 1 aromatic rings. The first-order chi connectivity index (χ1) is 12.7. The molecule has 1 saturated carbocycles. The van der Waals surface area contributed by atoms with E-state index in [9.17, 15) is 4.79 Å². The zero-order valence-electron chi connectivity index (χ0n) is 15.8. The van der Waals surface area contributed by atoms with Gasteiger partial charge in [-0.15, -0.1) is 0 Å². The maximum Gasteiger partial charge on any atom is 0.255 e. The van der Waals surface area contributed by atoms with Crippen LogP contribution in [0.2, 0.25) is 0 Å². The lowest BCUT2D eigenvalue weighted by Crippen LogP contribution is -2.57. The molecule has 0 bridgehead atoms. The Morgan fingerprint density at radius 2 is 2.12 bits per heavy atom. The topological polar surface area (TPSA) is 50.8 Å². The van der Waals surface area contributed by atoms with Gasteiger partial charge in [0.2, 0.25) is 0 Å². The average molecular weight is 358 g/mol. The Hall–Kier alpha value is -1.75. The molecule has 2 heterocycles. The van der Waals surface area contributed by atoms with Crippen LogP contribution >= 0.6 is 0 Å². The second-order valence-corrected chi connectivity index (χ2v) is 8.17. The number of carbonyl (C=O) groups is 1. The van der Waals surface area contributed by atoms with Gasteiger partial charge in [0, 0.05) is 19.2 Å². The Morgan fingerprint density at radius 1 is 1.27 bits per heavy atom. The smallest absolute Gasteiger partial charge is 0.255 e. The summed E-state index contributed by atoms with van der Waals surface area (Å²) >= 11 is 0. The summed E-state index contributed by atoms with van der Waals surface area (Å²) in [6, 6.07) is 5.46. The minimum absolute atomic E-state index is 0.0519. The van der Waals surface area contributed by atoms with Crippen molar-refractivity contribution < 1.29 is 14.3 Å². The second-order valence-electron chi connectivity index (χ2n) is 8.17. The first-order valence-electron chi connectivity index (χ1n) is 10.1. The number of hydrogen-bond acceptors (Lipinski definition) is 4. The van der Waals surface area contributed by atoms with Crippen molar-refractivity contribution in [2.45, 2.75) is 50.5 Å². The molecule has 5 heteroatoms. The van der Waals surface area contributed by atoms with Crippen LogP contribution in [-0.2, 0) is 0 Å². The normalized spacial score (nSPS) is 27.3.